The molecule has 6 nitrogen and oxygen atoms in total. The molecule has 28 heavy (non-hydrogen) atoms. The third-order valence-electron chi connectivity index (χ3n) is 5.18. The fraction of sp³-hybridized carbons (Fsp3) is 0.150. The molecule has 140 valence electrons. The minimum absolute atomic E-state index is 0.143. The number of rotatable bonds is 5. The molecular weight excluding hydrogens is 354 g/mol. The van der Waals surface area contributed by atoms with Gasteiger partial charge >= 0.3 is 20.1 Å². The highest BCUT2D eigenvalue weighted by Crippen LogP contribution is 2.37. The molecule has 0 aromatic heterocycles. The van der Waals surface area contributed by atoms with E-state index < -0.39 is 7.12 Å². The quantitative estimate of drug-likeness (QED) is 0.402. The Morgan fingerprint density at radius 3 is 2.32 bits per heavy atom. The zero-order valence-electron chi connectivity index (χ0n) is 15.4. The van der Waals surface area contributed by atoms with Crippen molar-refractivity contribution in [3.8, 4) is 0 Å². The number of methoxy groups -OCH3 is 1. The Balaban J connectivity index is 1.74. The Morgan fingerprint density at radius 1 is 1.07 bits per heavy atom. The van der Waals surface area contributed by atoms with Crippen LogP contribution in [-0.2, 0) is 9.53 Å². The van der Waals surface area contributed by atoms with Crippen molar-refractivity contribution in [2.75, 3.05) is 17.6 Å². The van der Waals surface area contributed by atoms with E-state index in [4.69, 9.17) is 4.74 Å². The Kier molecular flexibility index (Phi) is 4.98. The molecule has 0 fully saturated rings. The highest BCUT2D eigenvalue weighted by Gasteiger charge is 2.35. The van der Waals surface area contributed by atoms with Gasteiger partial charge in [-0.1, -0.05) is 48.5 Å². The van der Waals surface area contributed by atoms with Gasteiger partial charge in [-0.3, -0.25) is 4.79 Å². The van der Waals surface area contributed by atoms with Gasteiger partial charge in [0, 0.05) is 29.0 Å². The topological polar surface area (TPSA) is 90.8 Å². The van der Waals surface area contributed by atoms with Crippen molar-refractivity contribution in [1.29, 1.82) is 0 Å². The second kappa shape index (κ2) is 7.58. The second-order valence-corrected chi connectivity index (χ2v) is 6.91. The Bertz CT molecular complexity index is 987. The average Bonchev–Trinajstić information content (AvgIpc) is 2.72. The molecule has 0 radical (unpaired) electrons. The lowest BCUT2D eigenvalue weighted by atomic mass is 9.56. The molecule has 0 spiro atoms. The summed E-state index contributed by atoms with van der Waals surface area (Å²) in [4.78, 5) is 12.1. The van der Waals surface area contributed by atoms with Crippen molar-refractivity contribution < 1.29 is 19.6 Å². The van der Waals surface area contributed by atoms with Crippen molar-refractivity contribution in [3.05, 3.63) is 66.2 Å². The van der Waals surface area contributed by atoms with Crippen molar-refractivity contribution in [2.45, 2.75) is 12.2 Å². The van der Waals surface area contributed by atoms with E-state index in [9.17, 15) is 14.8 Å². The third kappa shape index (κ3) is 3.44. The van der Waals surface area contributed by atoms with Crippen LogP contribution in [0.2, 0.25) is 0 Å². The van der Waals surface area contributed by atoms with Crippen LogP contribution < -0.4 is 15.9 Å². The molecule has 0 amide bonds. The zero-order valence-corrected chi connectivity index (χ0v) is 15.4. The van der Waals surface area contributed by atoms with Crippen molar-refractivity contribution in [1.82, 2.24) is 0 Å². The molecule has 4 N–H and O–H groups in total. The first-order chi connectivity index (χ1) is 13.6. The average molecular weight is 374 g/mol. The molecule has 1 aliphatic rings. The maximum Gasteiger partial charge on any atom is 0.488 e. The Hall–Kier alpha value is -2.96. The van der Waals surface area contributed by atoms with Gasteiger partial charge in [0.1, 0.15) is 0 Å². The highest BCUT2D eigenvalue weighted by atomic mass is 16.5. The fourth-order valence-electron chi connectivity index (χ4n) is 3.80. The second-order valence-electron chi connectivity index (χ2n) is 6.91. The van der Waals surface area contributed by atoms with Crippen molar-refractivity contribution in [2.24, 2.45) is 0 Å². The molecule has 4 rings (SSSR count). The van der Waals surface area contributed by atoms with Gasteiger partial charge in [-0.15, -0.1) is 0 Å². The van der Waals surface area contributed by atoms with Gasteiger partial charge in [-0.25, -0.2) is 0 Å². The molecule has 0 aliphatic carbocycles. The molecule has 1 atom stereocenters. The van der Waals surface area contributed by atoms with Crippen LogP contribution in [-0.4, -0.2) is 37.2 Å². The van der Waals surface area contributed by atoms with E-state index >= 15 is 0 Å². The summed E-state index contributed by atoms with van der Waals surface area (Å²) in [6.07, 6.45) is 0.143. The van der Waals surface area contributed by atoms with E-state index in [1.54, 1.807) is 18.2 Å². The number of anilines is 2. The summed E-state index contributed by atoms with van der Waals surface area (Å²) < 4.78 is 4.90. The van der Waals surface area contributed by atoms with E-state index in [2.05, 4.69) is 22.6 Å². The molecule has 1 unspecified atom stereocenters. The minimum atomic E-state index is -1.57. The monoisotopic (exact) mass is 374 g/mol. The van der Waals surface area contributed by atoms with Gasteiger partial charge in [-0.05, 0) is 28.5 Å². The van der Waals surface area contributed by atoms with Crippen LogP contribution in [0.4, 0.5) is 11.4 Å². The Labute approximate surface area is 163 Å². The first kappa shape index (κ1) is 18.4. The SMILES string of the molecule is COC(=O)CC(B1Nc2cccc3cccc(c23)N1)c1cccc(B(O)O)c1. The van der Waals surface area contributed by atoms with Crippen LogP contribution in [0.15, 0.2) is 60.7 Å². The highest BCUT2D eigenvalue weighted by molar-refractivity contribution is 6.69. The summed E-state index contributed by atoms with van der Waals surface area (Å²) >= 11 is 0. The maximum atomic E-state index is 12.1. The lowest BCUT2D eigenvalue weighted by molar-refractivity contribution is -0.140. The summed E-state index contributed by atoms with van der Waals surface area (Å²) in [6.45, 7) is -0.273. The first-order valence-electron chi connectivity index (χ1n) is 9.14. The number of ether oxygens (including phenoxy) is 1. The summed E-state index contributed by atoms with van der Waals surface area (Å²) in [5, 5.41) is 28.3. The molecule has 0 saturated heterocycles. The normalized spacial score (nSPS) is 13.5. The largest absolute Gasteiger partial charge is 0.488 e. The molecule has 0 bridgehead atoms. The number of esters is 1. The van der Waals surface area contributed by atoms with E-state index in [0.29, 0.717) is 5.46 Å². The smallest absolute Gasteiger partial charge is 0.469 e. The third-order valence-corrected chi connectivity index (χ3v) is 5.18. The van der Waals surface area contributed by atoms with Gasteiger partial charge in [0.2, 0.25) is 0 Å². The molecule has 1 heterocycles. The van der Waals surface area contributed by atoms with Crippen LogP contribution in [0, 0.1) is 0 Å². The number of carbonyl (C=O) groups is 1. The number of hydrogen-bond acceptors (Lipinski definition) is 6. The van der Waals surface area contributed by atoms with Gasteiger partial charge in [0.05, 0.1) is 7.11 Å². The summed E-state index contributed by atoms with van der Waals surface area (Å²) in [7, 11) is -0.203. The van der Waals surface area contributed by atoms with Gasteiger partial charge < -0.3 is 25.2 Å². The Morgan fingerprint density at radius 2 is 1.71 bits per heavy atom. The van der Waals surface area contributed by atoms with Crippen LogP contribution in [0.3, 0.4) is 0 Å². The molecule has 3 aromatic rings. The first-order valence-corrected chi connectivity index (χ1v) is 9.14. The fourth-order valence-corrected chi connectivity index (χ4v) is 3.80. The van der Waals surface area contributed by atoms with E-state index in [1.165, 1.54) is 7.11 Å². The molecular formula is C20H20B2N2O4. The number of nitrogens with one attached hydrogen (secondary N) is 2. The lowest BCUT2D eigenvalue weighted by Crippen LogP contribution is -2.44. The zero-order chi connectivity index (χ0) is 19.7. The van der Waals surface area contributed by atoms with Crippen LogP contribution in [0.1, 0.15) is 17.8 Å². The van der Waals surface area contributed by atoms with Gasteiger partial charge in [0.15, 0.2) is 0 Å². The number of hydrogen-bond donors (Lipinski definition) is 4. The predicted molar refractivity (Wildman–Crippen MR) is 113 cm³/mol. The standard InChI is InChI=1S/C20H20B2N2O4/c1-28-19(25)12-16(14-7-2-8-15(11-14)22(26)27)21-23-17-9-3-5-13-6-4-10-18(24-21)20(13)17/h2-11,16,23-24,26-27H,12H2,1H3. The summed E-state index contributed by atoms with van der Waals surface area (Å²) in [5.41, 5.74) is 3.17. The number of carbonyl (C=O) groups excluding carboxylic acids is 1. The van der Waals surface area contributed by atoms with Crippen molar-refractivity contribution >= 4 is 47.7 Å². The number of benzene rings is 3. The predicted octanol–water partition coefficient (Wildman–Crippen LogP) is 1.73. The van der Waals surface area contributed by atoms with Crippen molar-refractivity contribution in [3.63, 3.8) is 0 Å². The van der Waals surface area contributed by atoms with Crippen LogP contribution in [0.5, 0.6) is 0 Å². The lowest BCUT2D eigenvalue weighted by Gasteiger charge is -2.31. The maximum absolute atomic E-state index is 12.1. The molecule has 3 aromatic carbocycles. The van der Waals surface area contributed by atoms with Gasteiger partial charge in [-0.2, -0.15) is 0 Å². The van der Waals surface area contributed by atoms with Crippen LogP contribution in [0.25, 0.3) is 10.8 Å². The molecule has 8 heteroatoms. The van der Waals surface area contributed by atoms with Crippen LogP contribution >= 0.6 is 0 Å². The minimum Gasteiger partial charge on any atom is -0.469 e. The summed E-state index contributed by atoms with van der Waals surface area (Å²) in [5.74, 6) is -0.615. The summed E-state index contributed by atoms with van der Waals surface area (Å²) in [6, 6.07) is 19.1. The van der Waals surface area contributed by atoms with Gasteiger partial charge in [0.25, 0.3) is 0 Å². The van der Waals surface area contributed by atoms with E-state index in [1.807, 2.05) is 30.3 Å². The molecule has 1 aliphatic heterocycles. The van der Waals surface area contributed by atoms with E-state index in [-0.39, 0.29) is 25.2 Å². The molecule has 0 saturated carbocycles. The van der Waals surface area contributed by atoms with E-state index in [0.717, 1.165) is 27.7 Å².